The van der Waals surface area contributed by atoms with Crippen molar-refractivity contribution in [1.82, 2.24) is 4.90 Å². The Morgan fingerprint density at radius 3 is 2.64 bits per heavy atom. The van der Waals surface area contributed by atoms with Gasteiger partial charge in [-0.25, -0.2) is 0 Å². The summed E-state index contributed by atoms with van der Waals surface area (Å²) in [6.07, 6.45) is 2.04. The summed E-state index contributed by atoms with van der Waals surface area (Å²) in [5, 5.41) is 11.4. The number of halogens is 2. The SMILES string of the molecule is CN(CC1CC1)CC(O)c1cc(Br)ccc1OCc1ccc(Cl)cc1. The average Bonchev–Trinajstić information content (AvgIpc) is 3.39. The first-order valence-electron chi connectivity index (χ1n) is 8.54. The highest BCUT2D eigenvalue weighted by atomic mass is 79.9. The molecule has 0 bridgehead atoms. The molecule has 134 valence electrons. The van der Waals surface area contributed by atoms with Crippen LogP contribution in [0.2, 0.25) is 5.02 Å². The van der Waals surface area contributed by atoms with Crippen LogP contribution >= 0.6 is 27.5 Å². The zero-order valence-corrected chi connectivity index (χ0v) is 16.6. The lowest BCUT2D eigenvalue weighted by Gasteiger charge is -2.22. The van der Waals surface area contributed by atoms with Crippen molar-refractivity contribution in [3.05, 3.63) is 63.1 Å². The van der Waals surface area contributed by atoms with Gasteiger partial charge in [-0.3, -0.25) is 0 Å². The molecule has 1 atom stereocenters. The number of nitrogens with zero attached hydrogens (tertiary/aromatic N) is 1. The smallest absolute Gasteiger partial charge is 0.125 e. The number of hydrogen-bond donors (Lipinski definition) is 1. The first-order chi connectivity index (χ1) is 12.0. The molecule has 0 amide bonds. The minimum Gasteiger partial charge on any atom is -0.489 e. The van der Waals surface area contributed by atoms with Crippen molar-refractivity contribution in [2.24, 2.45) is 5.92 Å². The van der Waals surface area contributed by atoms with E-state index < -0.39 is 6.10 Å². The summed E-state index contributed by atoms with van der Waals surface area (Å²) < 4.78 is 6.91. The fourth-order valence-electron chi connectivity index (χ4n) is 2.86. The van der Waals surface area contributed by atoms with Crippen LogP contribution in [-0.4, -0.2) is 30.1 Å². The Morgan fingerprint density at radius 2 is 1.96 bits per heavy atom. The molecule has 3 rings (SSSR count). The first-order valence-corrected chi connectivity index (χ1v) is 9.71. The van der Waals surface area contributed by atoms with Crippen molar-refractivity contribution in [1.29, 1.82) is 0 Å². The molecule has 5 heteroatoms. The minimum atomic E-state index is -0.582. The molecule has 0 aromatic heterocycles. The maximum absolute atomic E-state index is 10.7. The van der Waals surface area contributed by atoms with Gasteiger partial charge in [0.2, 0.25) is 0 Å². The monoisotopic (exact) mass is 423 g/mol. The summed E-state index contributed by atoms with van der Waals surface area (Å²) in [7, 11) is 2.06. The number of aliphatic hydroxyl groups is 1. The van der Waals surface area contributed by atoms with Crippen molar-refractivity contribution in [2.45, 2.75) is 25.6 Å². The molecule has 1 unspecified atom stereocenters. The fraction of sp³-hybridized carbons (Fsp3) is 0.400. The summed E-state index contributed by atoms with van der Waals surface area (Å²) in [5.74, 6) is 1.52. The van der Waals surface area contributed by atoms with Crippen LogP contribution in [0, 0.1) is 5.92 Å². The molecule has 0 saturated heterocycles. The van der Waals surface area contributed by atoms with Crippen molar-refractivity contribution in [3.63, 3.8) is 0 Å². The zero-order chi connectivity index (χ0) is 17.8. The van der Waals surface area contributed by atoms with E-state index in [4.69, 9.17) is 16.3 Å². The summed E-state index contributed by atoms with van der Waals surface area (Å²) in [5.41, 5.74) is 1.85. The van der Waals surface area contributed by atoms with Crippen LogP contribution in [-0.2, 0) is 6.61 Å². The molecule has 3 nitrogen and oxygen atoms in total. The van der Waals surface area contributed by atoms with Crippen molar-refractivity contribution in [2.75, 3.05) is 20.1 Å². The Morgan fingerprint density at radius 1 is 1.24 bits per heavy atom. The van der Waals surface area contributed by atoms with Gasteiger partial charge in [-0.15, -0.1) is 0 Å². The molecule has 1 aliphatic carbocycles. The van der Waals surface area contributed by atoms with Crippen molar-refractivity contribution >= 4 is 27.5 Å². The van der Waals surface area contributed by atoms with Crippen molar-refractivity contribution in [3.8, 4) is 5.75 Å². The van der Waals surface area contributed by atoms with Crippen molar-refractivity contribution < 1.29 is 9.84 Å². The first kappa shape index (κ1) is 18.7. The van der Waals surface area contributed by atoms with Gasteiger partial charge in [-0.1, -0.05) is 39.7 Å². The number of likely N-dealkylation sites (N-methyl/N-ethyl adjacent to an activating group) is 1. The second kappa shape index (κ2) is 8.54. The summed E-state index contributed by atoms with van der Waals surface area (Å²) >= 11 is 9.41. The predicted molar refractivity (Wildman–Crippen MR) is 105 cm³/mol. The van der Waals surface area contributed by atoms with E-state index in [1.54, 1.807) is 0 Å². The molecule has 25 heavy (non-hydrogen) atoms. The quantitative estimate of drug-likeness (QED) is 0.643. The lowest BCUT2D eigenvalue weighted by Crippen LogP contribution is -2.26. The molecular formula is C20H23BrClNO2. The number of benzene rings is 2. The molecule has 2 aromatic rings. The van der Waals surface area contributed by atoms with E-state index in [-0.39, 0.29) is 0 Å². The Kier molecular flexibility index (Phi) is 6.39. The molecular weight excluding hydrogens is 402 g/mol. The van der Waals surface area contributed by atoms with Gasteiger partial charge >= 0.3 is 0 Å². The molecule has 2 aromatic carbocycles. The molecule has 0 aliphatic heterocycles. The van der Waals surface area contributed by atoms with Crippen LogP contribution in [0.15, 0.2) is 46.9 Å². The number of aliphatic hydroxyl groups excluding tert-OH is 1. The van der Waals surface area contributed by atoms with E-state index in [1.165, 1.54) is 12.8 Å². The van der Waals surface area contributed by atoms with E-state index in [0.29, 0.717) is 23.9 Å². The lowest BCUT2D eigenvalue weighted by molar-refractivity contribution is 0.120. The van der Waals surface area contributed by atoms with Gasteiger partial charge in [0.1, 0.15) is 12.4 Å². The third-order valence-corrected chi connectivity index (χ3v) is 5.14. The van der Waals surface area contributed by atoms with E-state index in [9.17, 15) is 5.11 Å². The second-order valence-electron chi connectivity index (χ2n) is 6.78. The molecule has 1 aliphatic rings. The molecule has 1 N–H and O–H groups in total. The van der Waals surface area contributed by atoms with E-state index >= 15 is 0 Å². The highest BCUT2D eigenvalue weighted by molar-refractivity contribution is 9.10. The van der Waals surface area contributed by atoms with Gasteiger partial charge in [0.05, 0.1) is 6.10 Å². The molecule has 1 fully saturated rings. The summed E-state index contributed by atoms with van der Waals surface area (Å²) in [6, 6.07) is 13.4. The topological polar surface area (TPSA) is 32.7 Å². The van der Waals surface area contributed by atoms with Crippen LogP contribution in [0.1, 0.15) is 30.1 Å². The summed E-state index contributed by atoms with van der Waals surface area (Å²) in [4.78, 5) is 2.20. The molecule has 0 heterocycles. The maximum atomic E-state index is 10.7. The van der Waals surface area contributed by atoms with E-state index in [2.05, 4.69) is 27.9 Å². The van der Waals surface area contributed by atoms with Gasteiger partial charge in [-0.05, 0) is 61.7 Å². The molecule has 0 radical (unpaired) electrons. The van der Waals surface area contributed by atoms with E-state index in [0.717, 1.165) is 28.1 Å². The largest absolute Gasteiger partial charge is 0.489 e. The van der Waals surface area contributed by atoms with Crippen LogP contribution in [0.4, 0.5) is 0 Å². The number of rotatable bonds is 8. The van der Waals surface area contributed by atoms with Gasteiger partial charge < -0.3 is 14.7 Å². The van der Waals surface area contributed by atoms with Crippen LogP contribution in [0.25, 0.3) is 0 Å². The normalized spacial score (nSPS) is 15.4. The minimum absolute atomic E-state index is 0.441. The van der Waals surface area contributed by atoms with Gasteiger partial charge in [0.25, 0.3) is 0 Å². The van der Waals surface area contributed by atoms with Crippen LogP contribution in [0.5, 0.6) is 5.75 Å². The van der Waals surface area contributed by atoms with Crippen LogP contribution < -0.4 is 4.74 Å². The molecule has 1 saturated carbocycles. The van der Waals surface area contributed by atoms with Gasteiger partial charge in [-0.2, -0.15) is 0 Å². The van der Waals surface area contributed by atoms with Gasteiger partial charge in [0.15, 0.2) is 0 Å². The Hall–Kier alpha value is -1.07. The Bertz CT molecular complexity index is 703. The molecule has 0 spiro atoms. The Balaban J connectivity index is 1.67. The lowest BCUT2D eigenvalue weighted by atomic mass is 10.1. The zero-order valence-electron chi connectivity index (χ0n) is 14.3. The highest BCUT2D eigenvalue weighted by Gasteiger charge is 2.24. The third kappa shape index (κ3) is 5.71. The Labute approximate surface area is 162 Å². The second-order valence-corrected chi connectivity index (χ2v) is 8.13. The summed E-state index contributed by atoms with van der Waals surface area (Å²) in [6.45, 7) is 2.09. The number of hydrogen-bond acceptors (Lipinski definition) is 3. The highest BCUT2D eigenvalue weighted by Crippen LogP contribution is 2.32. The van der Waals surface area contributed by atoms with Crippen LogP contribution in [0.3, 0.4) is 0 Å². The average molecular weight is 425 g/mol. The van der Waals surface area contributed by atoms with E-state index in [1.807, 2.05) is 42.5 Å². The maximum Gasteiger partial charge on any atom is 0.125 e. The number of ether oxygens (including phenoxy) is 1. The predicted octanol–water partition coefficient (Wildman–Crippen LogP) is 5.06. The standard InChI is InChI=1S/C20H23BrClNO2/c1-23(11-14-2-3-14)12-19(24)18-10-16(21)6-9-20(18)25-13-15-4-7-17(22)8-5-15/h4-10,14,19,24H,2-3,11-13H2,1H3. The van der Waals surface area contributed by atoms with Gasteiger partial charge in [0, 0.05) is 28.1 Å². The fourth-order valence-corrected chi connectivity index (χ4v) is 3.37. The third-order valence-electron chi connectivity index (χ3n) is 4.39.